The summed E-state index contributed by atoms with van der Waals surface area (Å²) >= 11 is 1.63. The summed E-state index contributed by atoms with van der Waals surface area (Å²) < 4.78 is 10.6. The van der Waals surface area contributed by atoms with Crippen LogP contribution < -0.4 is 4.90 Å². The molecular weight excluding hydrogens is 372 g/mol. The monoisotopic (exact) mass is 394 g/mol. The van der Waals surface area contributed by atoms with Crippen molar-refractivity contribution >= 4 is 27.4 Å². The number of fused-ring (bicyclic) bond motifs is 1. The van der Waals surface area contributed by atoms with Crippen LogP contribution in [0.4, 0.5) is 5.82 Å². The number of nitrogens with zero attached hydrogens (tertiary/aromatic N) is 4. The third-order valence-electron chi connectivity index (χ3n) is 4.76. The first kappa shape index (κ1) is 18.6. The molecule has 0 spiro atoms. The highest BCUT2D eigenvalue weighted by Gasteiger charge is 2.20. The summed E-state index contributed by atoms with van der Waals surface area (Å²) in [5.74, 6) is 2.40. The maximum absolute atomic E-state index is 5.33. The van der Waals surface area contributed by atoms with Crippen LogP contribution in [0.15, 0.2) is 40.2 Å². The Hall–Kier alpha value is -2.77. The zero-order valence-electron chi connectivity index (χ0n) is 16.4. The van der Waals surface area contributed by atoms with Gasteiger partial charge in [-0.15, -0.1) is 11.3 Å². The van der Waals surface area contributed by atoms with Crippen LogP contribution in [0.3, 0.4) is 0 Å². The zero-order valence-corrected chi connectivity index (χ0v) is 17.2. The molecule has 7 heteroatoms. The highest BCUT2D eigenvalue weighted by atomic mass is 32.1. The summed E-state index contributed by atoms with van der Waals surface area (Å²) in [5.41, 5.74) is 4.29. The first-order valence-corrected chi connectivity index (χ1v) is 9.91. The molecule has 0 N–H and O–H groups in total. The van der Waals surface area contributed by atoms with Gasteiger partial charge >= 0.3 is 0 Å². The predicted octanol–water partition coefficient (Wildman–Crippen LogP) is 4.75. The molecule has 0 atom stereocenters. The molecule has 6 nitrogen and oxygen atoms in total. The van der Waals surface area contributed by atoms with Crippen LogP contribution in [0, 0.1) is 13.8 Å². The number of aromatic nitrogens is 3. The second-order valence-corrected chi connectivity index (χ2v) is 7.61. The maximum atomic E-state index is 5.33. The molecule has 3 aromatic heterocycles. The second-order valence-electron chi connectivity index (χ2n) is 6.75. The van der Waals surface area contributed by atoms with Crippen molar-refractivity contribution in [3.8, 4) is 11.1 Å². The van der Waals surface area contributed by atoms with Gasteiger partial charge in [-0.05, 0) is 19.4 Å². The van der Waals surface area contributed by atoms with E-state index < -0.39 is 0 Å². The first-order chi connectivity index (χ1) is 13.6. The van der Waals surface area contributed by atoms with Gasteiger partial charge in [0.15, 0.2) is 5.82 Å². The molecule has 0 saturated carbocycles. The molecule has 0 aliphatic carbocycles. The number of aryl methyl sites for hydroxylation is 2. The standard InChI is InChI=1S/C21H22N4O2S/c1-13-16(14(2)27-24-13)10-25(3)20-19-17(15-8-6-5-7-9-15)12-28-21(19)23-18(22-20)11-26-4/h5-9,12H,10-11H2,1-4H3. The van der Waals surface area contributed by atoms with Gasteiger partial charge in [0, 0.05) is 37.2 Å². The lowest BCUT2D eigenvalue weighted by molar-refractivity contribution is 0.178. The molecule has 0 saturated heterocycles. The van der Waals surface area contributed by atoms with E-state index >= 15 is 0 Å². The van der Waals surface area contributed by atoms with Crippen molar-refractivity contribution in [3.63, 3.8) is 0 Å². The SMILES string of the molecule is COCc1nc(N(C)Cc2c(C)noc2C)c2c(-c3ccccc3)csc2n1. The Labute approximate surface area is 167 Å². The Morgan fingerprint density at radius 1 is 1.14 bits per heavy atom. The van der Waals surface area contributed by atoms with Gasteiger partial charge in [0.05, 0.1) is 11.1 Å². The molecule has 0 radical (unpaired) electrons. The van der Waals surface area contributed by atoms with Crippen molar-refractivity contribution in [2.24, 2.45) is 0 Å². The molecule has 0 unspecified atom stereocenters. The molecule has 0 amide bonds. The summed E-state index contributed by atoms with van der Waals surface area (Å²) in [5, 5.41) is 7.29. The molecule has 4 aromatic rings. The smallest absolute Gasteiger partial charge is 0.158 e. The Morgan fingerprint density at radius 2 is 1.93 bits per heavy atom. The fourth-order valence-corrected chi connectivity index (χ4v) is 4.27. The number of hydrogen-bond acceptors (Lipinski definition) is 7. The third-order valence-corrected chi connectivity index (χ3v) is 5.63. The molecular formula is C21H22N4O2S. The van der Waals surface area contributed by atoms with E-state index in [0.717, 1.165) is 44.2 Å². The minimum Gasteiger partial charge on any atom is -0.377 e. The Balaban J connectivity index is 1.85. The van der Waals surface area contributed by atoms with E-state index in [9.17, 15) is 0 Å². The highest BCUT2D eigenvalue weighted by molar-refractivity contribution is 7.17. The van der Waals surface area contributed by atoms with Gasteiger partial charge in [-0.3, -0.25) is 0 Å². The number of methoxy groups -OCH3 is 1. The topological polar surface area (TPSA) is 64.3 Å². The second kappa shape index (κ2) is 7.69. The number of anilines is 1. The summed E-state index contributed by atoms with van der Waals surface area (Å²) in [6, 6.07) is 10.3. The molecule has 4 rings (SSSR count). The number of hydrogen-bond donors (Lipinski definition) is 0. The minimum atomic E-state index is 0.376. The molecule has 0 aliphatic rings. The molecule has 1 aromatic carbocycles. The lowest BCUT2D eigenvalue weighted by atomic mass is 10.1. The lowest BCUT2D eigenvalue weighted by Crippen LogP contribution is -2.20. The van der Waals surface area contributed by atoms with E-state index in [1.165, 1.54) is 0 Å². The van der Waals surface area contributed by atoms with Crippen LogP contribution in [-0.2, 0) is 17.9 Å². The van der Waals surface area contributed by atoms with Crippen molar-refractivity contribution in [2.75, 3.05) is 19.1 Å². The van der Waals surface area contributed by atoms with Crippen molar-refractivity contribution in [1.82, 2.24) is 15.1 Å². The fourth-order valence-electron chi connectivity index (χ4n) is 3.31. The zero-order chi connectivity index (χ0) is 19.7. The van der Waals surface area contributed by atoms with E-state index in [4.69, 9.17) is 19.2 Å². The highest BCUT2D eigenvalue weighted by Crippen LogP contribution is 2.38. The van der Waals surface area contributed by atoms with Gasteiger partial charge in [-0.1, -0.05) is 35.5 Å². The Morgan fingerprint density at radius 3 is 2.61 bits per heavy atom. The molecule has 0 fully saturated rings. The van der Waals surface area contributed by atoms with E-state index in [1.807, 2.05) is 39.1 Å². The van der Waals surface area contributed by atoms with Gasteiger partial charge in [-0.2, -0.15) is 0 Å². The van der Waals surface area contributed by atoms with Gasteiger partial charge in [0.2, 0.25) is 0 Å². The van der Waals surface area contributed by atoms with E-state index in [2.05, 4.69) is 27.6 Å². The van der Waals surface area contributed by atoms with Crippen LogP contribution in [0.25, 0.3) is 21.3 Å². The normalized spacial score (nSPS) is 11.3. The van der Waals surface area contributed by atoms with Crippen molar-refractivity contribution in [1.29, 1.82) is 0 Å². The lowest BCUT2D eigenvalue weighted by Gasteiger charge is -2.20. The minimum absolute atomic E-state index is 0.376. The first-order valence-electron chi connectivity index (χ1n) is 9.03. The Kier molecular flexibility index (Phi) is 5.11. The predicted molar refractivity (Wildman–Crippen MR) is 112 cm³/mol. The summed E-state index contributed by atoms with van der Waals surface area (Å²) in [6.45, 7) is 4.94. The van der Waals surface area contributed by atoms with Crippen LogP contribution in [0.1, 0.15) is 22.8 Å². The average molecular weight is 395 g/mol. The number of benzene rings is 1. The third kappa shape index (κ3) is 3.39. The van der Waals surface area contributed by atoms with Gasteiger partial charge in [0.1, 0.15) is 23.0 Å². The van der Waals surface area contributed by atoms with Crippen LogP contribution in [0.5, 0.6) is 0 Å². The van der Waals surface area contributed by atoms with Gasteiger partial charge in [0.25, 0.3) is 0 Å². The van der Waals surface area contributed by atoms with E-state index in [1.54, 1.807) is 18.4 Å². The number of ether oxygens (including phenoxy) is 1. The molecule has 0 bridgehead atoms. The summed E-state index contributed by atoms with van der Waals surface area (Å²) in [7, 11) is 3.70. The largest absolute Gasteiger partial charge is 0.377 e. The molecule has 3 heterocycles. The van der Waals surface area contributed by atoms with Crippen LogP contribution in [0.2, 0.25) is 0 Å². The molecule has 0 aliphatic heterocycles. The summed E-state index contributed by atoms with van der Waals surface area (Å²) in [6.07, 6.45) is 0. The van der Waals surface area contributed by atoms with Gasteiger partial charge < -0.3 is 14.2 Å². The van der Waals surface area contributed by atoms with Crippen molar-refractivity contribution in [2.45, 2.75) is 27.0 Å². The van der Waals surface area contributed by atoms with Crippen molar-refractivity contribution in [3.05, 3.63) is 58.6 Å². The maximum Gasteiger partial charge on any atom is 0.158 e. The molecule has 28 heavy (non-hydrogen) atoms. The number of thiophene rings is 1. The van der Waals surface area contributed by atoms with E-state index in [-0.39, 0.29) is 0 Å². The molecule has 144 valence electrons. The quantitative estimate of drug-likeness (QED) is 0.470. The number of rotatable bonds is 6. The fraction of sp³-hybridized carbons (Fsp3) is 0.286. The van der Waals surface area contributed by atoms with Gasteiger partial charge in [-0.25, -0.2) is 9.97 Å². The average Bonchev–Trinajstić information content (AvgIpc) is 3.26. The summed E-state index contributed by atoms with van der Waals surface area (Å²) in [4.78, 5) is 12.6. The van der Waals surface area contributed by atoms with Crippen LogP contribution in [-0.4, -0.2) is 29.3 Å². The van der Waals surface area contributed by atoms with Crippen molar-refractivity contribution < 1.29 is 9.26 Å². The Bertz CT molecular complexity index is 1090. The van der Waals surface area contributed by atoms with E-state index in [0.29, 0.717) is 19.0 Å². The van der Waals surface area contributed by atoms with Crippen LogP contribution >= 0.6 is 11.3 Å².